The van der Waals surface area contributed by atoms with Crippen molar-refractivity contribution in [3.63, 3.8) is 0 Å². The molecular formula is C14H14N4. The minimum Gasteiger partial charge on any atom is -0.318 e. The molecule has 0 bridgehead atoms. The van der Waals surface area contributed by atoms with Crippen molar-refractivity contribution < 1.29 is 0 Å². The molecule has 0 aliphatic heterocycles. The van der Waals surface area contributed by atoms with Crippen LogP contribution >= 0.6 is 0 Å². The van der Waals surface area contributed by atoms with Gasteiger partial charge in [-0.25, -0.2) is 4.98 Å². The number of aryl methyl sites for hydroxylation is 1. The van der Waals surface area contributed by atoms with E-state index in [2.05, 4.69) is 28.3 Å². The molecule has 0 fully saturated rings. The van der Waals surface area contributed by atoms with Gasteiger partial charge in [-0.2, -0.15) is 5.10 Å². The smallest absolute Gasteiger partial charge is 0.148 e. The van der Waals surface area contributed by atoms with Crippen LogP contribution in [0.5, 0.6) is 0 Å². The highest BCUT2D eigenvalue weighted by Crippen LogP contribution is 2.25. The van der Waals surface area contributed by atoms with E-state index in [1.54, 1.807) is 4.68 Å². The summed E-state index contributed by atoms with van der Waals surface area (Å²) in [4.78, 5) is 4.23. The van der Waals surface area contributed by atoms with Crippen molar-refractivity contribution in [2.75, 3.05) is 0 Å². The van der Waals surface area contributed by atoms with Crippen LogP contribution in [-0.4, -0.2) is 14.8 Å². The van der Waals surface area contributed by atoms with Gasteiger partial charge in [-0.15, -0.1) is 0 Å². The Morgan fingerprint density at radius 1 is 1.11 bits per heavy atom. The lowest BCUT2D eigenvalue weighted by Crippen LogP contribution is -2.17. The van der Waals surface area contributed by atoms with E-state index >= 15 is 0 Å². The second-order valence-electron chi connectivity index (χ2n) is 4.29. The van der Waals surface area contributed by atoms with Crippen LogP contribution in [0.1, 0.15) is 17.4 Å². The first-order valence-corrected chi connectivity index (χ1v) is 5.84. The fourth-order valence-corrected chi connectivity index (χ4v) is 2.25. The summed E-state index contributed by atoms with van der Waals surface area (Å²) in [5, 5.41) is 6.42. The molecule has 1 heterocycles. The molecule has 0 aliphatic rings. The highest BCUT2D eigenvalue weighted by molar-refractivity contribution is 5.86. The van der Waals surface area contributed by atoms with Gasteiger partial charge in [0.2, 0.25) is 0 Å². The summed E-state index contributed by atoms with van der Waals surface area (Å²) in [5.74, 6) is 0.770. The maximum absolute atomic E-state index is 6.30. The number of nitrogens with zero attached hydrogens (tertiary/aromatic N) is 3. The number of aromatic nitrogens is 3. The third kappa shape index (κ3) is 1.67. The first kappa shape index (κ1) is 10.9. The van der Waals surface area contributed by atoms with Crippen LogP contribution in [0, 0.1) is 0 Å². The molecule has 0 amide bonds. The highest BCUT2D eigenvalue weighted by Gasteiger charge is 2.16. The Labute approximate surface area is 105 Å². The van der Waals surface area contributed by atoms with Gasteiger partial charge in [0.1, 0.15) is 12.2 Å². The van der Waals surface area contributed by atoms with Gasteiger partial charge in [0.05, 0.1) is 6.04 Å². The summed E-state index contributed by atoms with van der Waals surface area (Å²) in [6.45, 7) is 0. The topological polar surface area (TPSA) is 56.7 Å². The minimum atomic E-state index is -0.261. The van der Waals surface area contributed by atoms with E-state index in [0.29, 0.717) is 0 Å². The summed E-state index contributed by atoms with van der Waals surface area (Å²) in [5.41, 5.74) is 7.38. The highest BCUT2D eigenvalue weighted by atomic mass is 15.3. The zero-order valence-corrected chi connectivity index (χ0v) is 10.1. The second-order valence-corrected chi connectivity index (χ2v) is 4.29. The Morgan fingerprint density at radius 3 is 2.67 bits per heavy atom. The predicted molar refractivity (Wildman–Crippen MR) is 71.0 cm³/mol. The van der Waals surface area contributed by atoms with Crippen LogP contribution in [-0.2, 0) is 7.05 Å². The second kappa shape index (κ2) is 4.23. The van der Waals surface area contributed by atoms with Gasteiger partial charge >= 0.3 is 0 Å². The fraction of sp³-hybridized carbons (Fsp3) is 0.143. The first-order chi connectivity index (χ1) is 8.77. The lowest BCUT2D eigenvalue weighted by molar-refractivity contribution is 0.661. The summed E-state index contributed by atoms with van der Waals surface area (Å²) in [6.07, 6.45) is 1.53. The van der Waals surface area contributed by atoms with Gasteiger partial charge in [-0.05, 0) is 16.3 Å². The standard InChI is InChI=1S/C14H14N4/c1-18-14(16-9-17-18)13(15)12-8-4-6-10-5-2-3-7-11(10)12/h2-9,13H,15H2,1H3. The summed E-state index contributed by atoms with van der Waals surface area (Å²) in [6, 6.07) is 14.1. The van der Waals surface area contributed by atoms with E-state index in [1.807, 2.05) is 31.3 Å². The molecule has 0 radical (unpaired) electrons. The molecule has 3 rings (SSSR count). The molecule has 0 saturated heterocycles. The van der Waals surface area contributed by atoms with Gasteiger partial charge in [-0.3, -0.25) is 4.68 Å². The molecule has 3 aromatic rings. The zero-order chi connectivity index (χ0) is 12.5. The Bertz CT molecular complexity index is 682. The molecular weight excluding hydrogens is 224 g/mol. The molecule has 4 heteroatoms. The van der Waals surface area contributed by atoms with Crippen LogP contribution in [0.4, 0.5) is 0 Å². The van der Waals surface area contributed by atoms with Crippen LogP contribution in [0.15, 0.2) is 48.8 Å². The molecule has 0 aliphatic carbocycles. The Balaban J connectivity index is 2.18. The van der Waals surface area contributed by atoms with E-state index in [4.69, 9.17) is 5.73 Å². The number of hydrogen-bond donors (Lipinski definition) is 1. The Hall–Kier alpha value is -2.20. The quantitative estimate of drug-likeness (QED) is 0.743. The SMILES string of the molecule is Cn1ncnc1C(N)c1cccc2ccccc12. The van der Waals surface area contributed by atoms with Gasteiger partial charge in [-0.1, -0.05) is 42.5 Å². The van der Waals surface area contributed by atoms with E-state index in [-0.39, 0.29) is 6.04 Å². The Kier molecular flexibility index (Phi) is 2.57. The third-order valence-corrected chi connectivity index (χ3v) is 3.18. The summed E-state index contributed by atoms with van der Waals surface area (Å²) < 4.78 is 1.71. The number of hydrogen-bond acceptors (Lipinski definition) is 3. The number of fused-ring (bicyclic) bond motifs is 1. The van der Waals surface area contributed by atoms with Gasteiger partial charge in [0.25, 0.3) is 0 Å². The molecule has 90 valence electrons. The Morgan fingerprint density at radius 2 is 1.89 bits per heavy atom. The van der Waals surface area contributed by atoms with Crippen molar-refractivity contribution in [2.24, 2.45) is 12.8 Å². The maximum Gasteiger partial charge on any atom is 0.148 e. The fourth-order valence-electron chi connectivity index (χ4n) is 2.25. The summed E-state index contributed by atoms with van der Waals surface area (Å²) in [7, 11) is 1.85. The normalized spacial score (nSPS) is 12.8. The average Bonchev–Trinajstić information content (AvgIpc) is 2.83. The molecule has 4 nitrogen and oxygen atoms in total. The van der Waals surface area contributed by atoms with Gasteiger partial charge in [0.15, 0.2) is 0 Å². The lowest BCUT2D eigenvalue weighted by Gasteiger charge is -2.13. The molecule has 1 aromatic heterocycles. The van der Waals surface area contributed by atoms with Crippen molar-refractivity contribution in [3.05, 3.63) is 60.2 Å². The minimum absolute atomic E-state index is 0.261. The average molecular weight is 238 g/mol. The largest absolute Gasteiger partial charge is 0.318 e. The summed E-state index contributed by atoms with van der Waals surface area (Å²) >= 11 is 0. The van der Waals surface area contributed by atoms with E-state index < -0.39 is 0 Å². The van der Waals surface area contributed by atoms with Crippen molar-refractivity contribution in [2.45, 2.75) is 6.04 Å². The monoisotopic (exact) mass is 238 g/mol. The van der Waals surface area contributed by atoms with E-state index in [1.165, 1.54) is 11.7 Å². The van der Waals surface area contributed by atoms with Crippen molar-refractivity contribution >= 4 is 10.8 Å². The number of benzene rings is 2. The molecule has 1 unspecified atom stereocenters. The predicted octanol–water partition coefficient (Wildman–Crippen LogP) is 2.02. The third-order valence-electron chi connectivity index (χ3n) is 3.18. The van der Waals surface area contributed by atoms with Crippen molar-refractivity contribution in [3.8, 4) is 0 Å². The lowest BCUT2D eigenvalue weighted by atomic mass is 9.99. The molecule has 2 aromatic carbocycles. The van der Waals surface area contributed by atoms with Crippen molar-refractivity contribution in [1.82, 2.24) is 14.8 Å². The van der Waals surface area contributed by atoms with Gasteiger partial charge < -0.3 is 5.73 Å². The van der Waals surface area contributed by atoms with E-state index in [9.17, 15) is 0 Å². The van der Waals surface area contributed by atoms with Gasteiger partial charge in [0, 0.05) is 7.05 Å². The van der Waals surface area contributed by atoms with Crippen LogP contribution in [0.2, 0.25) is 0 Å². The molecule has 0 spiro atoms. The van der Waals surface area contributed by atoms with Crippen LogP contribution < -0.4 is 5.73 Å². The van der Waals surface area contributed by atoms with Crippen molar-refractivity contribution in [1.29, 1.82) is 0 Å². The van der Waals surface area contributed by atoms with Crippen LogP contribution in [0.3, 0.4) is 0 Å². The molecule has 18 heavy (non-hydrogen) atoms. The maximum atomic E-state index is 6.30. The molecule has 1 atom stereocenters. The zero-order valence-electron chi connectivity index (χ0n) is 10.1. The first-order valence-electron chi connectivity index (χ1n) is 5.84. The molecule has 0 saturated carbocycles. The van der Waals surface area contributed by atoms with E-state index in [0.717, 1.165) is 16.8 Å². The number of rotatable bonds is 2. The number of nitrogens with two attached hydrogens (primary N) is 1. The molecule has 2 N–H and O–H groups in total. The van der Waals surface area contributed by atoms with Crippen LogP contribution in [0.25, 0.3) is 10.8 Å².